The molecular weight excluding hydrogens is 306 g/mol. The summed E-state index contributed by atoms with van der Waals surface area (Å²) in [6.07, 6.45) is 0.841. The second-order valence-electron chi connectivity index (χ2n) is 5.57. The molecule has 2 aromatic rings. The Kier molecular flexibility index (Phi) is 4.37. The molecule has 0 spiro atoms. The van der Waals surface area contributed by atoms with E-state index in [1.165, 1.54) is 0 Å². The van der Waals surface area contributed by atoms with E-state index in [1.807, 2.05) is 18.2 Å². The zero-order valence-electron chi connectivity index (χ0n) is 13.6. The number of nitrogens with one attached hydrogen (secondary N) is 2. The lowest BCUT2D eigenvalue weighted by Gasteiger charge is -2.16. The largest absolute Gasteiger partial charge is 0.497 e. The molecule has 0 unspecified atom stereocenters. The van der Waals surface area contributed by atoms with Gasteiger partial charge in [-0.2, -0.15) is 0 Å². The van der Waals surface area contributed by atoms with Crippen LogP contribution < -0.4 is 20.3 Å². The number of hydrogen-bond donors (Lipinski definition) is 2. The van der Waals surface area contributed by atoms with Crippen LogP contribution in [0.3, 0.4) is 0 Å². The van der Waals surface area contributed by atoms with Crippen LogP contribution in [0.15, 0.2) is 42.5 Å². The van der Waals surface area contributed by atoms with E-state index in [4.69, 9.17) is 4.74 Å². The molecule has 1 aliphatic rings. The van der Waals surface area contributed by atoms with Crippen LogP contribution in [0.5, 0.6) is 5.75 Å². The number of carbonyl (C=O) groups excluding carboxylic acids is 2. The van der Waals surface area contributed by atoms with Crippen molar-refractivity contribution < 1.29 is 14.3 Å². The van der Waals surface area contributed by atoms with Crippen LogP contribution in [0.1, 0.15) is 12.5 Å². The molecule has 0 saturated heterocycles. The number of benzene rings is 2. The lowest BCUT2D eigenvalue weighted by Crippen LogP contribution is -2.26. The van der Waals surface area contributed by atoms with Gasteiger partial charge >= 0.3 is 6.03 Å². The van der Waals surface area contributed by atoms with Crippen molar-refractivity contribution in [2.24, 2.45) is 0 Å². The Morgan fingerprint density at radius 1 is 1.04 bits per heavy atom. The van der Waals surface area contributed by atoms with Crippen LogP contribution in [0, 0.1) is 0 Å². The maximum absolute atomic E-state index is 12.1. The van der Waals surface area contributed by atoms with Crippen molar-refractivity contribution in [3.05, 3.63) is 48.0 Å². The Labute approximate surface area is 140 Å². The number of rotatable bonds is 3. The Balaban J connectivity index is 1.68. The highest BCUT2D eigenvalue weighted by Gasteiger charge is 2.22. The van der Waals surface area contributed by atoms with Gasteiger partial charge in [-0.05, 0) is 48.4 Å². The molecule has 2 aromatic carbocycles. The van der Waals surface area contributed by atoms with Crippen LogP contribution in [0.2, 0.25) is 0 Å². The quantitative estimate of drug-likeness (QED) is 0.910. The molecule has 124 valence electrons. The summed E-state index contributed by atoms with van der Waals surface area (Å²) in [4.78, 5) is 25.5. The van der Waals surface area contributed by atoms with Gasteiger partial charge in [-0.25, -0.2) is 4.79 Å². The number of fused-ring (bicyclic) bond motifs is 1. The number of ether oxygens (including phenoxy) is 1. The zero-order chi connectivity index (χ0) is 17.1. The summed E-state index contributed by atoms with van der Waals surface area (Å²) in [5, 5.41) is 5.55. The SMILES string of the molecule is COc1ccc(NC(=O)Nc2ccc3c(c2)N(C(C)=O)CC3)cc1. The van der Waals surface area contributed by atoms with Gasteiger partial charge in [-0.15, -0.1) is 0 Å². The van der Waals surface area contributed by atoms with Crippen molar-refractivity contribution in [3.63, 3.8) is 0 Å². The van der Waals surface area contributed by atoms with Crippen LogP contribution in [0.4, 0.5) is 21.9 Å². The van der Waals surface area contributed by atoms with Gasteiger partial charge in [0, 0.05) is 30.5 Å². The highest BCUT2D eigenvalue weighted by Crippen LogP contribution is 2.31. The van der Waals surface area contributed by atoms with Crippen LogP contribution >= 0.6 is 0 Å². The molecule has 3 rings (SSSR count). The molecule has 0 bridgehead atoms. The normalized spacial score (nSPS) is 12.5. The van der Waals surface area contributed by atoms with Crippen molar-refractivity contribution in [3.8, 4) is 5.75 Å². The average Bonchev–Trinajstić information content (AvgIpc) is 2.99. The van der Waals surface area contributed by atoms with E-state index in [0.29, 0.717) is 17.9 Å². The third-order valence-corrected chi connectivity index (χ3v) is 3.97. The molecule has 24 heavy (non-hydrogen) atoms. The van der Waals surface area contributed by atoms with E-state index in [0.717, 1.165) is 23.4 Å². The molecule has 1 aliphatic heterocycles. The molecule has 0 atom stereocenters. The first-order chi connectivity index (χ1) is 11.6. The first kappa shape index (κ1) is 15.9. The van der Waals surface area contributed by atoms with Gasteiger partial charge in [0.05, 0.1) is 7.11 Å². The number of carbonyl (C=O) groups is 2. The van der Waals surface area contributed by atoms with Gasteiger partial charge in [0.15, 0.2) is 0 Å². The van der Waals surface area contributed by atoms with E-state index in [-0.39, 0.29) is 11.9 Å². The average molecular weight is 325 g/mol. The molecule has 0 aromatic heterocycles. The summed E-state index contributed by atoms with van der Waals surface area (Å²) >= 11 is 0. The lowest BCUT2D eigenvalue weighted by atomic mass is 10.1. The molecule has 0 saturated carbocycles. The minimum absolute atomic E-state index is 0.00795. The topological polar surface area (TPSA) is 70.7 Å². The fourth-order valence-corrected chi connectivity index (χ4v) is 2.75. The Morgan fingerprint density at radius 2 is 1.71 bits per heavy atom. The third-order valence-electron chi connectivity index (χ3n) is 3.97. The highest BCUT2D eigenvalue weighted by atomic mass is 16.5. The Hall–Kier alpha value is -3.02. The van der Waals surface area contributed by atoms with Crippen molar-refractivity contribution in [1.82, 2.24) is 0 Å². The van der Waals surface area contributed by atoms with Crippen molar-refractivity contribution in [1.29, 1.82) is 0 Å². The first-order valence-electron chi connectivity index (χ1n) is 7.70. The van der Waals surface area contributed by atoms with Crippen LogP contribution in [-0.4, -0.2) is 25.6 Å². The summed E-state index contributed by atoms with van der Waals surface area (Å²) in [5.74, 6) is 0.734. The summed E-state index contributed by atoms with van der Waals surface area (Å²) < 4.78 is 5.08. The Bertz CT molecular complexity index is 772. The number of anilines is 3. The van der Waals surface area contributed by atoms with Gasteiger partial charge < -0.3 is 20.3 Å². The summed E-state index contributed by atoms with van der Waals surface area (Å²) in [5.41, 5.74) is 3.30. The number of amides is 3. The molecule has 6 nitrogen and oxygen atoms in total. The number of urea groups is 1. The summed E-state index contributed by atoms with van der Waals surface area (Å²) in [7, 11) is 1.59. The second kappa shape index (κ2) is 6.62. The number of methoxy groups -OCH3 is 1. The molecule has 0 fully saturated rings. The van der Waals surface area contributed by atoms with Crippen molar-refractivity contribution in [2.45, 2.75) is 13.3 Å². The molecule has 0 radical (unpaired) electrons. The van der Waals surface area contributed by atoms with E-state index in [9.17, 15) is 9.59 Å². The minimum atomic E-state index is -0.340. The predicted octanol–water partition coefficient (Wildman–Crippen LogP) is 3.25. The maximum atomic E-state index is 12.1. The standard InChI is InChI=1S/C18H19N3O3/c1-12(22)21-10-9-13-3-4-15(11-17(13)21)20-18(23)19-14-5-7-16(24-2)8-6-14/h3-8,11H,9-10H2,1-2H3,(H2,19,20,23). The van der Waals surface area contributed by atoms with E-state index < -0.39 is 0 Å². The van der Waals surface area contributed by atoms with Crippen molar-refractivity contribution in [2.75, 3.05) is 29.2 Å². The third kappa shape index (κ3) is 3.32. The van der Waals surface area contributed by atoms with Gasteiger partial charge in [-0.1, -0.05) is 6.07 Å². The van der Waals surface area contributed by atoms with Crippen LogP contribution in [0.25, 0.3) is 0 Å². The minimum Gasteiger partial charge on any atom is -0.497 e. The first-order valence-corrected chi connectivity index (χ1v) is 7.70. The van der Waals surface area contributed by atoms with E-state index >= 15 is 0 Å². The summed E-state index contributed by atoms with van der Waals surface area (Å²) in [6.45, 7) is 2.23. The number of nitrogens with zero attached hydrogens (tertiary/aromatic N) is 1. The van der Waals surface area contributed by atoms with E-state index in [1.54, 1.807) is 43.2 Å². The zero-order valence-corrected chi connectivity index (χ0v) is 13.6. The Morgan fingerprint density at radius 3 is 2.38 bits per heavy atom. The molecule has 3 amide bonds. The van der Waals surface area contributed by atoms with Crippen LogP contribution in [-0.2, 0) is 11.2 Å². The molecular formula is C18H19N3O3. The highest BCUT2D eigenvalue weighted by molar-refractivity contribution is 6.01. The van der Waals surface area contributed by atoms with Gasteiger partial charge in [-0.3, -0.25) is 4.79 Å². The molecule has 6 heteroatoms. The lowest BCUT2D eigenvalue weighted by molar-refractivity contribution is -0.116. The predicted molar refractivity (Wildman–Crippen MR) is 93.8 cm³/mol. The molecule has 2 N–H and O–H groups in total. The fraction of sp³-hybridized carbons (Fsp3) is 0.222. The van der Waals surface area contributed by atoms with Gasteiger partial charge in [0.25, 0.3) is 0 Å². The monoisotopic (exact) mass is 325 g/mol. The summed E-state index contributed by atoms with van der Waals surface area (Å²) in [6, 6.07) is 12.4. The van der Waals surface area contributed by atoms with E-state index in [2.05, 4.69) is 10.6 Å². The second-order valence-corrected chi connectivity index (χ2v) is 5.57. The van der Waals surface area contributed by atoms with Crippen molar-refractivity contribution >= 4 is 29.0 Å². The van der Waals surface area contributed by atoms with Gasteiger partial charge in [0.1, 0.15) is 5.75 Å². The molecule has 1 heterocycles. The smallest absolute Gasteiger partial charge is 0.323 e. The molecule has 0 aliphatic carbocycles. The fourth-order valence-electron chi connectivity index (χ4n) is 2.75. The number of hydrogen-bond acceptors (Lipinski definition) is 3. The van der Waals surface area contributed by atoms with Gasteiger partial charge in [0.2, 0.25) is 5.91 Å². The maximum Gasteiger partial charge on any atom is 0.323 e.